The minimum Gasteiger partial charge on any atom is -0.790 e. The molecule has 0 aliphatic carbocycles. The molecule has 10 nitrogen and oxygen atoms in total. The van der Waals surface area contributed by atoms with Crippen LogP contribution in [0.4, 0.5) is 5.82 Å². The molecule has 2 aromatic heterocycles. The summed E-state index contributed by atoms with van der Waals surface area (Å²) in [6.45, 7) is 1.55. The number of fused-ring (bicyclic) bond motifs is 2. The molecular weight excluding hydrogens is 473 g/mol. The Kier molecular flexibility index (Phi) is 7.92. The molecular formula is C24H26N3O7P-2. The van der Waals surface area contributed by atoms with Crippen molar-refractivity contribution in [3.8, 4) is 0 Å². The largest absolute Gasteiger partial charge is 0.790 e. The summed E-state index contributed by atoms with van der Waals surface area (Å²) >= 11 is 0. The second-order valence-electron chi connectivity index (χ2n) is 7.95. The number of hydrogen-bond acceptors (Lipinski definition) is 8. The molecule has 186 valence electrons. The fraction of sp³-hybridized carbons (Fsp3) is 0.292. The van der Waals surface area contributed by atoms with Crippen LogP contribution in [0.15, 0.2) is 47.0 Å². The lowest BCUT2D eigenvalue weighted by atomic mass is 10.0. The van der Waals surface area contributed by atoms with E-state index in [1.807, 2.05) is 31.2 Å². The minimum absolute atomic E-state index is 0. The highest BCUT2D eigenvalue weighted by atomic mass is 31.2. The van der Waals surface area contributed by atoms with E-state index in [1.54, 1.807) is 19.2 Å². The summed E-state index contributed by atoms with van der Waals surface area (Å²) in [7, 11) is -3.55. The monoisotopic (exact) mass is 499 g/mol. The number of anilines is 1. The zero-order valence-corrected chi connectivity index (χ0v) is 19.5. The van der Waals surface area contributed by atoms with E-state index in [0.29, 0.717) is 29.9 Å². The molecule has 11 heteroatoms. The molecule has 1 aliphatic heterocycles. The zero-order chi connectivity index (χ0) is 24.5. The van der Waals surface area contributed by atoms with Crippen LogP contribution >= 0.6 is 7.82 Å². The highest BCUT2D eigenvalue weighted by Crippen LogP contribution is 2.31. The minimum atomic E-state index is -5.23. The Morgan fingerprint density at radius 2 is 2.06 bits per heavy atom. The van der Waals surface area contributed by atoms with Crippen LogP contribution in [0, 0.1) is 6.92 Å². The number of pyridine rings is 1. The average Bonchev–Trinajstić information content (AvgIpc) is 3.11. The van der Waals surface area contributed by atoms with E-state index in [2.05, 4.69) is 9.51 Å². The molecule has 0 bridgehead atoms. The third-order valence-corrected chi connectivity index (χ3v) is 6.02. The number of para-hydroxylation sites is 1. The number of nitrogens with zero attached hydrogens (tertiary/aromatic N) is 3. The van der Waals surface area contributed by atoms with Crippen molar-refractivity contribution in [3.63, 3.8) is 0 Å². The first kappa shape index (κ1) is 26.3. The van der Waals surface area contributed by atoms with Crippen LogP contribution in [-0.2, 0) is 31.6 Å². The number of benzene rings is 1. The smallest absolute Gasteiger partial charge is 0.246 e. The zero-order valence-electron chi connectivity index (χ0n) is 18.6. The Morgan fingerprint density at radius 1 is 1.31 bits per heavy atom. The molecule has 0 spiro atoms. The molecule has 3 heterocycles. The van der Waals surface area contributed by atoms with E-state index in [-0.39, 0.29) is 25.6 Å². The highest BCUT2D eigenvalue weighted by molar-refractivity contribution is 7.43. The van der Waals surface area contributed by atoms with Crippen molar-refractivity contribution in [1.29, 1.82) is 0 Å². The van der Waals surface area contributed by atoms with Gasteiger partial charge in [0.2, 0.25) is 11.8 Å². The van der Waals surface area contributed by atoms with Crippen LogP contribution < -0.4 is 14.7 Å². The molecule has 0 saturated carbocycles. The number of hydrogen-bond donors (Lipinski definition) is 0. The number of rotatable bonds is 7. The van der Waals surface area contributed by atoms with E-state index >= 15 is 0 Å². The van der Waals surface area contributed by atoms with Crippen molar-refractivity contribution in [3.05, 3.63) is 65.1 Å². The first-order chi connectivity index (χ1) is 16.1. The Hall–Kier alpha value is -3.30. The number of furan rings is 1. The molecule has 0 fully saturated rings. The van der Waals surface area contributed by atoms with Crippen LogP contribution in [0.3, 0.4) is 0 Å². The van der Waals surface area contributed by atoms with E-state index in [9.17, 15) is 23.9 Å². The number of carbonyl (C=O) groups excluding carboxylic acids is 2. The summed E-state index contributed by atoms with van der Waals surface area (Å²) < 4.78 is 20.9. The van der Waals surface area contributed by atoms with Gasteiger partial charge in [-0.05, 0) is 42.7 Å². The molecule has 0 unspecified atom stereocenters. The van der Waals surface area contributed by atoms with Gasteiger partial charge in [-0.25, -0.2) is 4.98 Å². The molecule has 35 heavy (non-hydrogen) atoms. The highest BCUT2D eigenvalue weighted by Gasteiger charge is 2.26. The number of phosphoric ester groups is 1. The fourth-order valence-corrected chi connectivity index (χ4v) is 4.02. The van der Waals surface area contributed by atoms with Crippen LogP contribution in [-0.4, -0.2) is 35.5 Å². The van der Waals surface area contributed by atoms with Gasteiger partial charge in [0.05, 0.1) is 14.4 Å². The molecule has 0 saturated heterocycles. The maximum atomic E-state index is 12.6. The van der Waals surface area contributed by atoms with Crippen molar-refractivity contribution >= 4 is 42.5 Å². The maximum absolute atomic E-state index is 12.6. The molecule has 0 radical (unpaired) electrons. The SMILES string of the molecule is C.Cc1c(CN(C)C(=O)/C=C/c2cnc3c(c2)CCC(=O)N3COP(=O)([O-])[O-])oc2ccccc12. The second-order valence-corrected chi connectivity index (χ2v) is 9.11. The second kappa shape index (κ2) is 10.5. The summed E-state index contributed by atoms with van der Waals surface area (Å²) in [5.41, 5.74) is 3.08. The van der Waals surface area contributed by atoms with Gasteiger partial charge >= 0.3 is 0 Å². The number of carbonyl (C=O) groups is 2. The third-order valence-electron chi connectivity index (χ3n) is 5.59. The lowest BCUT2D eigenvalue weighted by molar-refractivity contribution is -0.341. The number of amides is 2. The molecule has 1 aromatic carbocycles. The van der Waals surface area contributed by atoms with Crippen molar-refractivity contribution in [1.82, 2.24) is 9.88 Å². The fourth-order valence-electron chi connectivity index (χ4n) is 3.76. The topological polar surface area (TPSA) is 139 Å². The third kappa shape index (κ3) is 6.04. The first-order valence-corrected chi connectivity index (χ1v) is 11.9. The van der Waals surface area contributed by atoms with E-state index in [1.165, 1.54) is 17.2 Å². The number of aromatic nitrogens is 1. The van der Waals surface area contributed by atoms with Crippen LogP contribution in [0.25, 0.3) is 17.0 Å². The van der Waals surface area contributed by atoms with Gasteiger partial charge in [0, 0.05) is 36.7 Å². The summed E-state index contributed by atoms with van der Waals surface area (Å²) in [5.74, 6) is 0.318. The van der Waals surface area contributed by atoms with E-state index in [4.69, 9.17) is 4.42 Å². The van der Waals surface area contributed by atoms with Crippen LogP contribution in [0.5, 0.6) is 0 Å². The van der Waals surface area contributed by atoms with Crippen molar-refractivity contribution in [2.24, 2.45) is 0 Å². The maximum Gasteiger partial charge on any atom is 0.246 e. The normalized spacial score (nSPS) is 13.7. The molecule has 0 N–H and O–H groups in total. The Bertz CT molecular complexity index is 1330. The summed E-state index contributed by atoms with van der Waals surface area (Å²) in [6.07, 6.45) is 4.99. The van der Waals surface area contributed by atoms with Crippen LogP contribution in [0.2, 0.25) is 0 Å². The van der Waals surface area contributed by atoms with Crippen molar-refractivity contribution in [2.45, 2.75) is 33.7 Å². The Balaban J connectivity index is 0.00000342. The standard InChI is InChI=1S/C23H24N3O7P.CH4/c1-15-18-5-3-4-6-19(18)33-20(15)13-25(2)21(27)9-7-16-11-17-8-10-22(28)26(23(17)24-12-16)14-32-34(29,30)31;/h3-7,9,11-12H,8,10,13-14H2,1-2H3,(H2,29,30,31);1H4/p-2/b9-7+;. The predicted octanol–water partition coefficient (Wildman–Crippen LogP) is 2.53. The average molecular weight is 499 g/mol. The lowest BCUT2D eigenvalue weighted by Crippen LogP contribution is -2.38. The summed E-state index contributed by atoms with van der Waals surface area (Å²) in [6, 6.07) is 9.45. The molecule has 2 amide bonds. The van der Waals surface area contributed by atoms with E-state index in [0.717, 1.165) is 21.4 Å². The Labute approximate surface area is 203 Å². The summed E-state index contributed by atoms with van der Waals surface area (Å²) in [4.78, 5) is 53.1. The van der Waals surface area contributed by atoms with Crippen LogP contribution in [0.1, 0.15) is 36.3 Å². The van der Waals surface area contributed by atoms with Gasteiger partial charge in [-0.1, -0.05) is 25.6 Å². The number of likely N-dealkylation sites (N-methyl/N-ethyl adjacent to an activating group) is 1. The molecule has 3 aromatic rings. The van der Waals surface area contributed by atoms with Crippen molar-refractivity contribution in [2.75, 3.05) is 18.7 Å². The predicted molar refractivity (Wildman–Crippen MR) is 127 cm³/mol. The molecule has 1 aliphatic rings. The molecule has 4 rings (SSSR count). The van der Waals surface area contributed by atoms with E-state index < -0.39 is 20.5 Å². The van der Waals surface area contributed by atoms with Gasteiger partial charge in [-0.15, -0.1) is 0 Å². The van der Waals surface area contributed by atoms with Gasteiger partial charge in [0.1, 0.15) is 23.9 Å². The first-order valence-electron chi connectivity index (χ1n) is 10.5. The lowest BCUT2D eigenvalue weighted by Gasteiger charge is -2.34. The quantitative estimate of drug-likeness (QED) is 0.357. The number of phosphoric acid groups is 1. The van der Waals surface area contributed by atoms with Gasteiger partial charge in [0.15, 0.2) is 0 Å². The molecule has 0 atom stereocenters. The summed E-state index contributed by atoms with van der Waals surface area (Å²) in [5, 5.41) is 1.01. The number of aryl methyl sites for hydroxylation is 2. The van der Waals surface area contributed by atoms with Gasteiger partial charge < -0.3 is 28.2 Å². The van der Waals surface area contributed by atoms with Gasteiger partial charge in [-0.3, -0.25) is 14.5 Å². The van der Waals surface area contributed by atoms with Gasteiger partial charge in [0.25, 0.3) is 0 Å². The van der Waals surface area contributed by atoms with Crippen molar-refractivity contribution < 1.29 is 32.9 Å². The van der Waals surface area contributed by atoms with Gasteiger partial charge in [-0.2, -0.15) is 0 Å². The Morgan fingerprint density at radius 3 is 2.77 bits per heavy atom.